The van der Waals surface area contributed by atoms with Crippen molar-refractivity contribution in [2.45, 2.75) is 38.5 Å². The number of benzene rings is 2. The lowest BCUT2D eigenvalue weighted by molar-refractivity contribution is -0.139. The Morgan fingerprint density at radius 2 is 1.69 bits per heavy atom. The summed E-state index contributed by atoms with van der Waals surface area (Å²) in [5, 5.41) is 10.0. The number of H-pyrrole nitrogens is 1. The first-order valence-corrected chi connectivity index (χ1v) is 12.8. The van der Waals surface area contributed by atoms with Crippen LogP contribution in [0.1, 0.15) is 46.6 Å². The monoisotopic (exact) mass is 540 g/mol. The van der Waals surface area contributed by atoms with E-state index in [0.29, 0.717) is 22.6 Å². The first kappa shape index (κ1) is 26.7. The van der Waals surface area contributed by atoms with Crippen LogP contribution in [0.25, 0.3) is 0 Å². The predicted octanol–water partition coefficient (Wildman–Crippen LogP) is 4.25. The first-order valence-electron chi connectivity index (χ1n) is 12.8. The summed E-state index contributed by atoms with van der Waals surface area (Å²) < 4.78 is 40.4. The first-order chi connectivity index (χ1) is 18.4. The molecule has 3 heterocycles. The number of nitrogens with zero attached hydrogens (tertiary/aromatic N) is 4. The van der Waals surface area contributed by atoms with Crippen molar-refractivity contribution < 1.29 is 22.8 Å². The highest BCUT2D eigenvalue weighted by molar-refractivity contribution is 6.04. The van der Waals surface area contributed by atoms with E-state index in [1.54, 1.807) is 26.0 Å². The molecule has 2 N–H and O–H groups in total. The van der Waals surface area contributed by atoms with Gasteiger partial charge in [-0.15, -0.1) is 0 Å². The average Bonchev–Trinajstić information content (AvgIpc) is 3.42. The predicted molar refractivity (Wildman–Crippen MR) is 141 cm³/mol. The molecule has 0 bridgehead atoms. The maximum atomic E-state index is 13.5. The third kappa shape index (κ3) is 5.23. The fraction of sp³-hybridized carbons (Fsp3) is 0.393. The van der Waals surface area contributed by atoms with Crippen LogP contribution in [0, 0.1) is 0 Å². The number of likely N-dealkylation sites (N-methyl/N-ethyl adjacent to an activating group) is 1. The van der Waals surface area contributed by atoms with Gasteiger partial charge in [-0.25, -0.2) is 0 Å². The topological polar surface area (TPSA) is 84.6 Å². The summed E-state index contributed by atoms with van der Waals surface area (Å²) in [6.07, 6.45) is -4.94. The van der Waals surface area contributed by atoms with E-state index in [1.807, 2.05) is 12.1 Å². The van der Waals surface area contributed by atoms with Crippen LogP contribution in [0.5, 0.6) is 0 Å². The van der Waals surface area contributed by atoms with Crippen LogP contribution in [0.4, 0.5) is 24.7 Å². The number of amides is 2. The second kappa shape index (κ2) is 10.0. The van der Waals surface area contributed by atoms with Crippen LogP contribution in [0.3, 0.4) is 0 Å². The molecular weight excluding hydrogens is 509 g/mol. The summed E-state index contributed by atoms with van der Waals surface area (Å²) in [6, 6.07) is 12.5. The normalized spacial score (nSPS) is 17.3. The molecule has 0 radical (unpaired) electrons. The van der Waals surface area contributed by atoms with Crippen LogP contribution in [0.2, 0.25) is 0 Å². The van der Waals surface area contributed by atoms with Crippen molar-refractivity contribution in [1.82, 2.24) is 20.0 Å². The number of nitrogens with one attached hydrogen (secondary N) is 2. The molecular formula is C28H31F3N6O2. The third-order valence-electron chi connectivity index (χ3n) is 7.67. The third-order valence-corrected chi connectivity index (χ3v) is 7.67. The average molecular weight is 541 g/mol. The van der Waals surface area contributed by atoms with Crippen molar-refractivity contribution in [1.29, 1.82) is 0 Å². The zero-order valence-electron chi connectivity index (χ0n) is 22.1. The molecule has 2 aliphatic rings. The minimum atomic E-state index is -4.55. The number of alkyl halides is 3. The van der Waals surface area contributed by atoms with Gasteiger partial charge < -0.3 is 20.0 Å². The fourth-order valence-electron chi connectivity index (χ4n) is 5.30. The smallest absolute Gasteiger partial charge is 0.369 e. The molecule has 5 rings (SSSR count). The minimum absolute atomic E-state index is 0.0759. The van der Waals surface area contributed by atoms with Crippen molar-refractivity contribution in [3.05, 3.63) is 76.5 Å². The molecule has 0 aliphatic carbocycles. The van der Waals surface area contributed by atoms with Crippen molar-refractivity contribution in [3.8, 4) is 0 Å². The van der Waals surface area contributed by atoms with Gasteiger partial charge in [0.25, 0.3) is 5.91 Å². The Balaban J connectivity index is 1.28. The minimum Gasteiger partial charge on any atom is -0.369 e. The van der Waals surface area contributed by atoms with Gasteiger partial charge in [0.2, 0.25) is 5.91 Å². The van der Waals surface area contributed by atoms with Crippen molar-refractivity contribution in [2.75, 3.05) is 43.4 Å². The largest absolute Gasteiger partial charge is 0.416 e. The van der Waals surface area contributed by atoms with Gasteiger partial charge >= 0.3 is 6.18 Å². The van der Waals surface area contributed by atoms with E-state index in [4.69, 9.17) is 0 Å². The molecule has 2 aliphatic heterocycles. The Bertz CT molecular complexity index is 1370. The van der Waals surface area contributed by atoms with Crippen LogP contribution >= 0.6 is 0 Å². The molecule has 0 spiro atoms. The molecule has 39 heavy (non-hydrogen) atoms. The number of aromatic nitrogens is 2. The van der Waals surface area contributed by atoms with Gasteiger partial charge in [-0.3, -0.25) is 14.7 Å². The molecule has 2 amide bonds. The molecule has 1 fully saturated rings. The van der Waals surface area contributed by atoms with Gasteiger partial charge in [0, 0.05) is 43.0 Å². The standard InChI is InChI=1S/C28H31F3N6O2/c1-27(2)24-21(17-37(27)23(38)16-19-6-4-5-7-22(19)28(29,30)31)25(34-33-24)32-26(39)18-8-10-20(11-9-18)36-14-12-35(3)13-15-36/h4-11H,12-17H2,1-3H3,(H2,32,33,34,39). The molecule has 1 aromatic heterocycles. The zero-order chi connectivity index (χ0) is 27.9. The molecule has 0 atom stereocenters. The molecule has 206 valence electrons. The van der Waals surface area contributed by atoms with E-state index in [9.17, 15) is 22.8 Å². The molecule has 0 unspecified atom stereocenters. The number of aromatic amines is 1. The lowest BCUT2D eigenvalue weighted by Crippen LogP contribution is -2.44. The van der Waals surface area contributed by atoms with Crippen LogP contribution in [-0.2, 0) is 29.5 Å². The Kier molecular flexibility index (Phi) is 6.88. The summed E-state index contributed by atoms with van der Waals surface area (Å²) >= 11 is 0. The fourth-order valence-corrected chi connectivity index (χ4v) is 5.30. The van der Waals surface area contributed by atoms with E-state index in [0.717, 1.165) is 37.9 Å². The number of hydrogen-bond acceptors (Lipinski definition) is 5. The molecule has 8 nitrogen and oxygen atoms in total. The number of rotatable bonds is 5. The van der Waals surface area contributed by atoms with E-state index >= 15 is 0 Å². The van der Waals surface area contributed by atoms with E-state index < -0.39 is 29.6 Å². The second-order valence-corrected chi connectivity index (χ2v) is 10.6. The summed E-state index contributed by atoms with van der Waals surface area (Å²) in [4.78, 5) is 32.3. The summed E-state index contributed by atoms with van der Waals surface area (Å²) in [5.41, 5.74) is 1.07. The Morgan fingerprint density at radius 3 is 2.36 bits per heavy atom. The number of halogens is 3. The zero-order valence-corrected chi connectivity index (χ0v) is 22.1. The van der Waals surface area contributed by atoms with Crippen molar-refractivity contribution in [2.24, 2.45) is 0 Å². The van der Waals surface area contributed by atoms with Gasteiger partial charge in [-0.05, 0) is 56.8 Å². The maximum Gasteiger partial charge on any atom is 0.416 e. The molecule has 1 saturated heterocycles. The summed E-state index contributed by atoms with van der Waals surface area (Å²) in [6.45, 7) is 7.53. The highest BCUT2D eigenvalue weighted by Gasteiger charge is 2.44. The van der Waals surface area contributed by atoms with Gasteiger partial charge in [0.1, 0.15) is 0 Å². The lowest BCUT2D eigenvalue weighted by Gasteiger charge is -2.34. The van der Waals surface area contributed by atoms with E-state index in [-0.39, 0.29) is 18.0 Å². The highest BCUT2D eigenvalue weighted by Crippen LogP contribution is 2.41. The second-order valence-electron chi connectivity index (χ2n) is 10.6. The number of carbonyl (C=O) groups excluding carboxylic acids is 2. The Hall–Kier alpha value is -3.86. The molecule has 3 aromatic rings. The van der Waals surface area contributed by atoms with Gasteiger partial charge in [0.15, 0.2) is 5.82 Å². The quantitative estimate of drug-likeness (QED) is 0.506. The molecule has 11 heteroatoms. The van der Waals surface area contributed by atoms with Crippen LogP contribution in [-0.4, -0.2) is 65.0 Å². The lowest BCUT2D eigenvalue weighted by atomic mass is 9.99. The van der Waals surface area contributed by atoms with Crippen molar-refractivity contribution >= 4 is 23.3 Å². The van der Waals surface area contributed by atoms with Gasteiger partial charge in [-0.1, -0.05) is 18.2 Å². The van der Waals surface area contributed by atoms with Crippen molar-refractivity contribution in [3.63, 3.8) is 0 Å². The Labute approximate surface area is 224 Å². The number of anilines is 2. The number of carbonyl (C=O) groups is 2. The maximum absolute atomic E-state index is 13.5. The van der Waals surface area contributed by atoms with Gasteiger partial charge in [-0.2, -0.15) is 18.3 Å². The number of fused-ring (bicyclic) bond motifs is 1. The van der Waals surface area contributed by atoms with Gasteiger partial charge in [0.05, 0.1) is 29.8 Å². The molecule has 0 saturated carbocycles. The highest BCUT2D eigenvalue weighted by atomic mass is 19.4. The van der Waals surface area contributed by atoms with E-state index in [1.165, 1.54) is 23.1 Å². The SMILES string of the molecule is CN1CCN(c2ccc(C(=O)Nc3n[nH]c4c3CN(C(=O)Cc3ccccc3C(F)(F)F)C4(C)C)cc2)CC1. The van der Waals surface area contributed by atoms with Crippen LogP contribution in [0.15, 0.2) is 48.5 Å². The summed E-state index contributed by atoms with van der Waals surface area (Å²) in [5.74, 6) is -0.480. The number of hydrogen-bond donors (Lipinski definition) is 2. The Morgan fingerprint density at radius 1 is 1.03 bits per heavy atom. The summed E-state index contributed by atoms with van der Waals surface area (Å²) in [7, 11) is 2.10. The van der Waals surface area contributed by atoms with E-state index in [2.05, 4.69) is 32.4 Å². The molecule has 2 aromatic carbocycles. The van der Waals surface area contributed by atoms with Crippen LogP contribution < -0.4 is 10.2 Å². The number of piperazine rings is 1.